The third-order valence-corrected chi connectivity index (χ3v) is 6.09. The molecule has 1 saturated carbocycles. The Hall–Kier alpha value is -2.74. The smallest absolute Gasteiger partial charge is 0.311 e. The first-order valence-corrected chi connectivity index (χ1v) is 9.98. The second-order valence-corrected chi connectivity index (χ2v) is 7.84. The molecule has 1 aliphatic carbocycles. The van der Waals surface area contributed by atoms with Crippen molar-refractivity contribution in [2.45, 2.75) is 45.1 Å². The summed E-state index contributed by atoms with van der Waals surface area (Å²) in [7, 11) is 0. The molecule has 3 aromatic heterocycles. The topological polar surface area (TPSA) is 104 Å². The molecular weight excluding hydrogens is 397 g/mol. The summed E-state index contributed by atoms with van der Waals surface area (Å²) in [5.41, 5.74) is 0.324. The third-order valence-electron chi connectivity index (χ3n) is 5.88. The van der Waals surface area contributed by atoms with Gasteiger partial charge in [-0.05, 0) is 25.3 Å². The number of anilines is 1. The highest BCUT2D eigenvalue weighted by atomic mass is 35.5. The maximum atomic E-state index is 14.5. The van der Waals surface area contributed by atoms with Crippen molar-refractivity contribution in [2.75, 3.05) is 5.32 Å². The predicted octanol–water partition coefficient (Wildman–Crippen LogP) is 4.65. The number of aromatic amines is 1. The fraction of sp³-hybridized carbons (Fsp3) is 0.400. The quantitative estimate of drug-likeness (QED) is 0.558. The lowest BCUT2D eigenvalue weighted by atomic mass is 9.68. The lowest BCUT2D eigenvalue weighted by Gasteiger charge is -2.40. The first-order valence-electron chi connectivity index (χ1n) is 9.60. The van der Waals surface area contributed by atoms with Gasteiger partial charge in [-0.2, -0.15) is 0 Å². The van der Waals surface area contributed by atoms with E-state index in [0.717, 1.165) is 24.4 Å². The van der Waals surface area contributed by atoms with Crippen LogP contribution in [-0.4, -0.2) is 37.1 Å². The van der Waals surface area contributed by atoms with E-state index in [1.165, 1.54) is 6.20 Å². The van der Waals surface area contributed by atoms with Crippen LogP contribution in [0.15, 0.2) is 24.7 Å². The van der Waals surface area contributed by atoms with Crippen LogP contribution in [0.1, 0.15) is 39.0 Å². The van der Waals surface area contributed by atoms with Gasteiger partial charge in [0.25, 0.3) is 0 Å². The number of pyridine rings is 1. The lowest BCUT2D eigenvalue weighted by Crippen LogP contribution is -2.48. The van der Waals surface area contributed by atoms with Crippen molar-refractivity contribution in [1.29, 1.82) is 0 Å². The Labute approximate surface area is 171 Å². The molecule has 0 aromatic carbocycles. The molecule has 0 radical (unpaired) electrons. The molecule has 1 aliphatic rings. The van der Waals surface area contributed by atoms with Crippen LogP contribution in [-0.2, 0) is 4.79 Å². The van der Waals surface area contributed by atoms with E-state index in [4.69, 9.17) is 11.6 Å². The molecule has 3 aromatic rings. The highest BCUT2D eigenvalue weighted by Crippen LogP contribution is 2.41. The number of fused-ring (bicyclic) bond motifs is 1. The highest BCUT2D eigenvalue weighted by Gasteiger charge is 2.46. The summed E-state index contributed by atoms with van der Waals surface area (Å²) in [6.45, 7) is 1.86. The van der Waals surface area contributed by atoms with E-state index in [-0.39, 0.29) is 5.82 Å². The van der Waals surface area contributed by atoms with Gasteiger partial charge in [-0.1, -0.05) is 31.4 Å². The van der Waals surface area contributed by atoms with Crippen LogP contribution in [0, 0.1) is 11.2 Å². The summed E-state index contributed by atoms with van der Waals surface area (Å²) in [6, 6.07) is 1.33. The van der Waals surface area contributed by atoms with Gasteiger partial charge in [0.2, 0.25) is 0 Å². The van der Waals surface area contributed by atoms with Crippen LogP contribution in [0.25, 0.3) is 22.4 Å². The van der Waals surface area contributed by atoms with Crippen molar-refractivity contribution < 1.29 is 14.3 Å². The van der Waals surface area contributed by atoms with Crippen molar-refractivity contribution in [2.24, 2.45) is 5.41 Å². The van der Waals surface area contributed by atoms with Crippen LogP contribution in [0.4, 0.5) is 10.2 Å². The molecule has 2 atom stereocenters. The zero-order chi connectivity index (χ0) is 20.6. The van der Waals surface area contributed by atoms with Gasteiger partial charge in [-0.15, -0.1) is 0 Å². The Morgan fingerprint density at radius 3 is 3.00 bits per heavy atom. The van der Waals surface area contributed by atoms with E-state index in [1.54, 1.807) is 12.3 Å². The summed E-state index contributed by atoms with van der Waals surface area (Å²) >= 11 is 6.05. The molecule has 1 fully saturated rings. The standard InChI is InChI=1S/C20H21ClFN5O2/c1-2-20(19(28)29)6-4-3-5-15(20)26-18-14(22)10-25-17(27-18)13-9-24-16-12(13)7-11(21)8-23-16/h7-10,15H,2-6H2,1H3,(H,23,24)(H,28,29)(H,25,26,27). The van der Waals surface area contributed by atoms with Crippen molar-refractivity contribution in [3.63, 3.8) is 0 Å². The molecule has 0 amide bonds. The van der Waals surface area contributed by atoms with Gasteiger partial charge in [-0.25, -0.2) is 19.3 Å². The molecule has 7 nitrogen and oxygen atoms in total. The molecule has 0 spiro atoms. The Morgan fingerprint density at radius 2 is 2.24 bits per heavy atom. The molecule has 29 heavy (non-hydrogen) atoms. The van der Waals surface area contributed by atoms with Gasteiger partial charge in [0.1, 0.15) is 5.65 Å². The van der Waals surface area contributed by atoms with E-state index in [1.807, 2.05) is 6.92 Å². The van der Waals surface area contributed by atoms with E-state index in [2.05, 4.69) is 25.3 Å². The zero-order valence-corrected chi connectivity index (χ0v) is 16.6. The summed E-state index contributed by atoms with van der Waals surface area (Å²) in [5, 5.41) is 14.1. The number of nitrogens with zero attached hydrogens (tertiary/aromatic N) is 3. The Bertz CT molecular complexity index is 1070. The number of nitrogens with one attached hydrogen (secondary N) is 2. The van der Waals surface area contributed by atoms with Gasteiger partial charge in [0.05, 0.1) is 16.6 Å². The number of rotatable bonds is 5. The van der Waals surface area contributed by atoms with Crippen LogP contribution in [0.2, 0.25) is 5.02 Å². The maximum absolute atomic E-state index is 14.5. The minimum atomic E-state index is -0.936. The SMILES string of the molecule is CCC1(C(=O)O)CCCCC1Nc1nc(-c2c[nH]c3ncc(Cl)cc23)ncc1F. The van der Waals surface area contributed by atoms with E-state index in [9.17, 15) is 14.3 Å². The number of hydrogen-bond donors (Lipinski definition) is 3. The molecule has 2 unspecified atom stereocenters. The number of hydrogen-bond acceptors (Lipinski definition) is 5. The Balaban J connectivity index is 1.72. The maximum Gasteiger partial charge on any atom is 0.311 e. The monoisotopic (exact) mass is 417 g/mol. The normalized spacial score (nSPS) is 22.0. The van der Waals surface area contributed by atoms with E-state index >= 15 is 0 Å². The van der Waals surface area contributed by atoms with E-state index in [0.29, 0.717) is 41.3 Å². The molecule has 0 bridgehead atoms. The molecule has 3 N–H and O–H groups in total. The van der Waals surface area contributed by atoms with Crippen LogP contribution < -0.4 is 5.32 Å². The number of halogens is 2. The molecule has 152 valence electrons. The molecule has 4 rings (SSSR count). The number of aliphatic carboxylic acids is 1. The van der Waals surface area contributed by atoms with Gasteiger partial charge in [0.15, 0.2) is 17.5 Å². The minimum Gasteiger partial charge on any atom is -0.481 e. The molecule has 9 heteroatoms. The van der Waals surface area contributed by atoms with Crippen molar-refractivity contribution in [1.82, 2.24) is 19.9 Å². The second kappa shape index (κ2) is 7.59. The largest absolute Gasteiger partial charge is 0.481 e. The van der Waals surface area contributed by atoms with Crippen LogP contribution in [0.5, 0.6) is 0 Å². The lowest BCUT2D eigenvalue weighted by molar-refractivity contribution is -0.152. The van der Waals surface area contributed by atoms with Crippen LogP contribution in [0.3, 0.4) is 0 Å². The molecule has 3 heterocycles. The highest BCUT2D eigenvalue weighted by molar-refractivity contribution is 6.31. The average Bonchev–Trinajstić information content (AvgIpc) is 3.13. The summed E-state index contributed by atoms with van der Waals surface area (Å²) in [4.78, 5) is 27.8. The van der Waals surface area contributed by atoms with Gasteiger partial charge >= 0.3 is 5.97 Å². The number of carboxylic acids is 1. The first-order chi connectivity index (χ1) is 13.9. The fourth-order valence-electron chi connectivity index (χ4n) is 4.21. The second-order valence-electron chi connectivity index (χ2n) is 7.40. The number of carboxylic acid groups (broad SMARTS) is 1. The predicted molar refractivity (Wildman–Crippen MR) is 108 cm³/mol. The molecule has 0 aliphatic heterocycles. The zero-order valence-electron chi connectivity index (χ0n) is 15.9. The fourth-order valence-corrected chi connectivity index (χ4v) is 4.36. The number of carbonyl (C=O) groups is 1. The average molecular weight is 418 g/mol. The third kappa shape index (κ3) is 3.42. The summed E-state index contributed by atoms with van der Waals surface area (Å²) < 4.78 is 14.5. The first kappa shape index (κ1) is 19.6. The van der Waals surface area contributed by atoms with Crippen molar-refractivity contribution in [3.05, 3.63) is 35.5 Å². The molecular formula is C20H21ClFN5O2. The van der Waals surface area contributed by atoms with Gasteiger partial charge in [-0.3, -0.25) is 4.79 Å². The molecule has 0 saturated heterocycles. The summed E-state index contributed by atoms with van der Waals surface area (Å²) in [5.74, 6) is -1.17. The Morgan fingerprint density at radius 1 is 1.41 bits per heavy atom. The van der Waals surface area contributed by atoms with Gasteiger partial charge in [0, 0.05) is 29.4 Å². The number of H-pyrrole nitrogens is 1. The minimum absolute atomic E-state index is 0.00492. The van der Waals surface area contributed by atoms with E-state index < -0.39 is 23.2 Å². The number of aromatic nitrogens is 4. The van der Waals surface area contributed by atoms with Crippen LogP contribution >= 0.6 is 11.6 Å². The van der Waals surface area contributed by atoms with Crippen molar-refractivity contribution >= 4 is 34.4 Å². The van der Waals surface area contributed by atoms with Gasteiger partial charge < -0.3 is 15.4 Å². The van der Waals surface area contributed by atoms with Crippen molar-refractivity contribution in [3.8, 4) is 11.4 Å². The summed E-state index contributed by atoms with van der Waals surface area (Å²) in [6.07, 6.45) is 7.72. The Kier molecular flexibility index (Phi) is 5.12.